The fourth-order valence-electron chi connectivity index (χ4n) is 2.09. The van der Waals surface area contributed by atoms with Crippen molar-refractivity contribution in [3.05, 3.63) is 68.3 Å². The zero-order valence-corrected chi connectivity index (χ0v) is 15.8. The van der Waals surface area contributed by atoms with Crippen LogP contribution in [0.2, 0.25) is 0 Å². The highest BCUT2D eigenvalue weighted by molar-refractivity contribution is 14.1. The van der Waals surface area contributed by atoms with E-state index in [1.165, 1.54) is 16.7 Å². The zero-order valence-electron chi connectivity index (χ0n) is 12.9. The van der Waals surface area contributed by atoms with Gasteiger partial charge in [-0.1, -0.05) is 35.9 Å². The van der Waals surface area contributed by atoms with Gasteiger partial charge in [0, 0.05) is 21.6 Å². The monoisotopic (exact) mass is 425 g/mol. The molecule has 0 fully saturated rings. The molecule has 2 aromatic carbocycles. The molecule has 0 saturated carbocycles. The van der Waals surface area contributed by atoms with Crippen LogP contribution in [0, 0.1) is 17.4 Å². The van der Waals surface area contributed by atoms with Gasteiger partial charge in [-0.05, 0) is 59.7 Å². The number of hydrogen-bond donors (Lipinski definition) is 1. The Morgan fingerprint density at radius 2 is 1.95 bits per heavy atom. The zero-order chi connectivity index (χ0) is 15.9. The van der Waals surface area contributed by atoms with Gasteiger partial charge in [-0.25, -0.2) is 0 Å². The molecule has 2 rings (SSSR count). The predicted octanol–water partition coefficient (Wildman–Crippen LogP) is 4.57. The van der Waals surface area contributed by atoms with Gasteiger partial charge in [0.25, 0.3) is 5.91 Å². The predicted molar refractivity (Wildman–Crippen MR) is 104 cm³/mol. The molecule has 0 heterocycles. The van der Waals surface area contributed by atoms with Gasteiger partial charge in [0.05, 0.1) is 5.56 Å². The summed E-state index contributed by atoms with van der Waals surface area (Å²) in [4.78, 5) is 12.1. The van der Waals surface area contributed by atoms with Crippen LogP contribution in [0.1, 0.15) is 27.0 Å². The number of benzene rings is 2. The summed E-state index contributed by atoms with van der Waals surface area (Å²) in [6, 6.07) is 14.3. The first kappa shape index (κ1) is 17.3. The molecule has 0 radical (unpaired) electrons. The average Bonchev–Trinajstić information content (AvgIpc) is 2.48. The summed E-state index contributed by atoms with van der Waals surface area (Å²) in [5.41, 5.74) is 4.63. The first-order chi connectivity index (χ1) is 10.6. The van der Waals surface area contributed by atoms with E-state index in [2.05, 4.69) is 59.1 Å². The van der Waals surface area contributed by atoms with Gasteiger partial charge in [-0.2, -0.15) is 11.8 Å². The molecule has 0 unspecified atom stereocenters. The minimum Gasteiger partial charge on any atom is -0.351 e. The molecule has 0 aliphatic heterocycles. The Balaban J connectivity index is 1.75. The van der Waals surface area contributed by atoms with Gasteiger partial charge < -0.3 is 5.32 Å². The highest BCUT2D eigenvalue weighted by Gasteiger charge is 2.09. The Morgan fingerprint density at radius 3 is 2.68 bits per heavy atom. The van der Waals surface area contributed by atoms with Gasteiger partial charge >= 0.3 is 0 Å². The number of aryl methyl sites for hydroxylation is 2. The number of hydrogen-bond acceptors (Lipinski definition) is 2. The Bertz CT molecular complexity index is 657. The topological polar surface area (TPSA) is 29.1 Å². The van der Waals surface area contributed by atoms with Gasteiger partial charge in [0.1, 0.15) is 0 Å². The lowest BCUT2D eigenvalue weighted by Gasteiger charge is -2.08. The van der Waals surface area contributed by atoms with Crippen LogP contribution in [0.25, 0.3) is 0 Å². The third kappa shape index (κ3) is 5.02. The molecule has 0 aromatic heterocycles. The van der Waals surface area contributed by atoms with Crippen LogP contribution in [0.3, 0.4) is 0 Å². The summed E-state index contributed by atoms with van der Waals surface area (Å²) in [7, 11) is 0. The van der Waals surface area contributed by atoms with Crippen molar-refractivity contribution in [2.24, 2.45) is 0 Å². The molecule has 0 bridgehead atoms. The largest absolute Gasteiger partial charge is 0.351 e. The van der Waals surface area contributed by atoms with Crippen LogP contribution in [-0.4, -0.2) is 18.2 Å². The van der Waals surface area contributed by atoms with E-state index in [1.54, 1.807) is 0 Å². The fraction of sp³-hybridized carbons (Fsp3) is 0.278. The Kier molecular flexibility index (Phi) is 6.76. The smallest absolute Gasteiger partial charge is 0.252 e. The SMILES string of the molecule is Cc1ccc(C(=O)NCCSCc2ccccc2C)c(I)c1. The van der Waals surface area contributed by atoms with E-state index in [-0.39, 0.29) is 5.91 Å². The molecule has 4 heteroatoms. The Labute approximate surface area is 150 Å². The van der Waals surface area contributed by atoms with Crippen molar-refractivity contribution in [3.8, 4) is 0 Å². The van der Waals surface area contributed by atoms with Crippen molar-refractivity contribution < 1.29 is 4.79 Å². The van der Waals surface area contributed by atoms with E-state index < -0.39 is 0 Å². The number of amides is 1. The molecular formula is C18H20INOS. The normalized spacial score (nSPS) is 10.5. The molecule has 22 heavy (non-hydrogen) atoms. The van der Waals surface area contributed by atoms with E-state index >= 15 is 0 Å². The molecular weight excluding hydrogens is 405 g/mol. The van der Waals surface area contributed by atoms with Crippen molar-refractivity contribution in [1.29, 1.82) is 0 Å². The highest BCUT2D eigenvalue weighted by Crippen LogP contribution is 2.16. The lowest BCUT2D eigenvalue weighted by atomic mass is 10.1. The maximum atomic E-state index is 12.1. The van der Waals surface area contributed by atoms with Gasteiger partial charge in [-0.3, -0.25) is 4.79 Å². The third-order valence-electron chi connectivity index (χ3n) is 3.42. The van der Waals surface area contributed by atoms with Crippen LogP contribution in [0.15, 0.2) is 42.5 Å². The van der Waals surface area contributed by atoms with Crippen molar-refractivity contribution in [3.63, 3.8) is 0 Å². The number of carbonyl (C=O) groups is 1. The fourth-order valence-corrected chi connectivity index (χ4v) is 3.94. The van der Waals surface area contributed by atoms with Crippen LogP contribution in [0.4, 0.5) is 0 Å². The summed E-state index contributed by atoms with van der Waals surface area (Å²) in [5, 5.41) is 3.00. The lowest BCUT2D eigenvalue weighted by molar-refractivity contribution is 0.0955. The van der Waals surface area contributed by atoms with Crippen LogP contribution in [0.5, 0.6) is 0 Å². The van der Waals surface area contributed by atoms with Gasteiger partial charge in [-0.15, -0.1) is 0 Å². The molecule has 2 aromatic rings. The lowest BCUT2D eigenvalue weighted by Crippen LogP contribution is -2.26. The van der Waals surface area contributed by atoms with Gasteiger partial charge in [0.2, 0.25) is 0 Å². The third-order valence-corrected chi connectivity index (χ3v) is 5.32. The Morgan fingerprint density at radius 1 is 1.18 bits per heavy atom. The molecule has 0 aliphatic carbocycles. The summed E-state index contributed by atoms with van der Waals surface area (Å²) in [6.07, 6.45) is 0. The van der Waals surface area contributed by atoms with Crippen LogP contribution < -0.4 is 5.32 Å². The van der Waals surface area contributed by atoms with E-state index in [0.717, 1.165) is 20.6 Å². The number of nitrogens with one attached hydrogen (secondary N) is 1. The number of rotatable bonds is 6. The molecule has 1 amide bonds. The minimum absolute atomic E-state index is 0.0147. The molecule has 116 valence electrons. The summed E-state index contributed by atoms with van der Waals surface area (Å²) >= 11 is 4.06. The van der Waals surface area contributed by atoms with Crippen molar-refractivity contribution in [2.45, 2.75) is 19.6 Å². The maximum absolute atomic E-state index is 12.1. The van der Waals surface area contributed by atoms with E-state index in [0.29, 0.717) is 6.54 Å². The first-order valence-corrected chi connectivity index (χ1v) is 9.48. The standard InChI is InChI=1S/C18H20INOS/c1-13-7-8-16(17(19)11-13)18(21)20-9-10-22-12-15-6-4-3-5-14(15)2/h3-8,11H,9-10,12H2,1-2H3,(H,20,21). The second-order valence-corrected chi connectivity index (χ2v) is 7.49. The number of halogens is 1. The van der Waals surface area contributed by atoms with E-state index in [4.69, 9.17) is 0 Å². The van der Waals surface area contributed by atoms with E-state index in [1.807, 2.05) is 36.9 Å². The summed E-state index contributed by atoms with van der Waals surface area (Å²) in [5.74, 6) is 1.92. The molecule has 1 N–H and O–H groups in total. The van der Waals surface area contributed by atoms with Crippen LogP contribution >= 0.6 is 34.4 Å². The molecule has 0 spiro atoms. The average molecular weight is 425 g/mol. The summed E-state index contributed by atoms with van der Waals surface area (Å²) in [6.45, 7) is 4.86. The van der Waals surface area contributed by atoms with Crippen molar-refractivity contribution in [1.82, 2.24) is 5.32 Å². The molecule has 0 aliphatic rings. The molecule has 0 saturated heterocycles. The molecule has 2 nitrogen and oxygen atoms in total. The summed E-state index contributed by atoms with van der Waals surface area (Å²) < 4.78 is 1.00. The number of carbonyl (C=O) groups excluding carboxylic acids is 1. The maximum Gasteiger partial charge on any atom is 0.252 e. The quantitative estimate of drug-likeness (QED) is 0.543. The van der Waals surface area contributed by atoms with E-state index in [9.17, 15) is 4.79 Å². The Hall–Kier alpha value is -1.01. The van der Waals surface area contributed by atoms with Gasteiger partial charge in [0.15, 0.2) is 0 Å². The number of thioether (sulfide) groups is 1. The van der Waals surface area contributed by atoms with Crippen molar-refractivity contribution in [2.75, 3.05) is 12.3 Å². The minimum atomic E-state index is 0.0147. The second kappa shape index (κ2) is 8.58. The second-order valence-electron chi connectivity index (χ2n) is 5.22. The molecule has 0 atom stereocenters. The first-order valence-electron chi connectivity index (χ1n) is 7.24. The van der Waals surface area contributed by atoms with Crippen LogP contribution in [-0.2, 0) is 5.75 Å². The van der Waals surface area contributed by atoms with Crippen molar-refractivity contribution >= 4 is 40.3 Å². The highest BCUT2D eigenvalue weighted by atomic mass is 127.